The van der Waals surface area contributed by atoms with Crippen molar-refractivity contribution in [3.05, 3.63) is 105 Å². The molecule has 0 bridgehead atoms. The van der Waals surface area contributed by atoms with E-state index in [-0.39, 0.29) is 30.2 Å². The average molecular weight is 486 g/mol. The first-order valence-electron chi connectivity index (χ1n) is 10.8. The molecule has 36 heavy (non-hydrogen) atoms. The Hall–Kier alpha value is -5.19. The fourth-order valence-corrected chi connectivity index (χ4v) is 4.04. The van der Waals surface area contributed by atoms with Crippen molar-refractivity contribution in [2.24, 2.45) is 0 Å². The quantitative estimate of drug-likeness (QED) is 0.174. The zero-order chi connectivity index (χ0) is 25.4. The summed E-state index contributed by atoms with van der Waals surface area (Å²) in [5.74, 6) is -1.38. The van der Waals surface area contributed by atoms with Gasteiger partial charge in [0.25, 0.3) is 11.6 Å². The van der Waals surface area contributed by atoms with Crippen LogP contribution >= 0.6 is 0 Å². The Morgan fingerprint density at radius 1 is 1.06 bits per heavy atom. The number of nitro groups is 1. The minimum Gasteiger partial charge on any atom is -0.475 e. The maximum absolute atomic E-state index is 13.0. The van der Waals surface area contributed by atoms with Crippen molar-refractivity contribution in [3.8, 4) is 0 Å². The Bertz CT molecular complexity index is 1560. The van der Waals surface area contributed by atoms with Crippen LogP contribution < -0.4 is 5.32 Å². The van der Waals surface area contributed by atoms with E-state index in [4.69, 9.17) is 9.52 Å². The number of aromatic carboxylic acids is 1. The standard InChI is InChI=1S/C25H18N4O7/c30-23-20(26-25(33)28(23)12-15-5-7-17(8-6-15)29(34)35)11-16-13-27(21-4-2-1-3-19(16)21)14-18-9-10-22(36-18)24(31)32/h1-11,13H,12,14H2,(H,26,33)(H,31,32)/b20-11-. The highest BCUT2D eigenvalue weighted by Gasteiger charge is 2.33. The number of carboxylic acid groups (broad SMARTS) is 1. The number of benzene rings is 2. The number of urea groups is 1. The van der Waals surface area contributed by atoms with Crippen LogP contribution in [0.25, 0.3) is 17.0 Å². The second kappa shape index (κ2) is 8.87. The number of para-hydroxylation sites is 1. The maximum atomic E-state index is 13.0. The third-order valence-corrected chi connectivity index (χ3v) is 5.77. The molecule has 1 saturated heterocycles. The molecular weight excluding hydrogens is 468 g/mol. The largest absolute Gasteiger partial charge is 0.475 e. The fourth-order valence-electron chi connectivity index (χ4n) is 4.04. The predicted octanol–water partition coefficient (Wildman–Crippen LogP) is 3.98. The molecule has 0 spiro atoms. The van der Waals surface area contributed by atoms with Crippen LogP contribution in [0, 0.1) is 10.1 Å². The molecule has 2 aromatic heterocycles. The predicted molar refractivity (Wildman–Crippen MR) is 127 cm³/mol. The van der Waals surface area contributed by atoms with E-state index >= 15 is 0 Å². The third-order valence-electron chi connectivity index (χ3n) is 5.77. The Balaban J connectivity index is 1.41. The van der Waals surface area contributed by atoms with Crippen LogP contribution in [0.15, 0.2) is 77.0 Å². The molecule has 0 aliphatic carbocycles. The van der Waals surface area contributed by atoms with Gasteiger partial charge in [-0.15, -0.1) is 0 Å². The van der Waals surface area contributed by atoms with Crippen molar-refractivity contribution in [2.45, 2.75) is 13.1 Å². The summed E-state index contributed by atoms with van der Waals surface area (Å²) >= 11 is 0. The van der Waals surface area contributed by atoms with E-state index < -0.39 is 22.8 Å². The van der Waals surface area contributed by atoms with Gasteiger partial charge in [-0.05, 0) is 29.8 Å². The van der Waals surface area contributed by atoms with Gasteiger partial charge in [0, 0.05) is 34.8 Å². The molecule has 1 fully saturated rings. The number of non-ortho nitro benzene ring substituents is 1. The average Bonchev–Trinajstić information content (AvgIpc) is 3.54. The van der Waals surface area contributed by atoms with Crippen LogP contribution in [0.2, 0.25) is 0 Å². The van der Waals surface area contributed by atoms with Crippen molar-refractivity contribution >= 4 is 40.6 Å². The van der Waals surface area contributed by atoms with Crippen LogP contribution in [0.4, 0.5) is 10.5 Å². The number of fused-ring (bicyclic) bond motifs is 1. The van der Waals surface area contributed by atoms with Gasteiger partial charge in [0.1, 0.15) is 11.5 Å². The molecule has 0 unspecified atom stereocenters. The lowest BCUT2D eigenvalue weighted by Gasteiger charge is -2.11. The number of aromatic nitrogens is 1. The number of furan rings is 1. The van der Waals surface area contributed by atoms with Gasteiger partial charge in [0.2, 0.25) is 5.76 Å². The van der Waals surface area contributed by atoms with E-state index in [0.29, 0.717) is 16.9 Å². The molecule has 0 atom stereocenters. The van der Waals surface area contributed by atoms with E-state index in [1.54, 1.807) is 18.3 Å². The number of nitrogens with zero attached hydrogens (tertiary/aromatic N) is 3. The summed E-state index contributed by atoms with van der Waals surface area (Å²) in [4.78, 5) is 48.0. The van der Waals surface area contributed by atoms with E-state index in [1.165, 1.54) is 30.3 Å². The van der Waals surface area contributed by atoms with E-state index in [2.05, 4.69) is 5.32 Å². The van der Waals surface area contributed by atoms with Gasteiger partial charge in [-0.25, -0.2) is 9.59 Å². The molecule has 2 aromatic carbocycles. The number of rotatable bonds is 7. The zero-order valence-corrected chi connectivity index (χ0v) is 18.6. The Morgan fingerprint density at radius 3 is 2.50 bits per heavy atom. The fraction of sp³-hybridized carbons (Fsp3) is 0.0800. The van der Waals surface area contributed by atoms with Crippen molar-refractivity contribution in [2.75, 3.05) is 0 Å². The smallest absolute Gasteiger partial charge is 0.371 e. The van der Waals surface area contributed by atoms with Crippen molar-refractivity contribution < 1.29 is 28.8 Å². The molecule has 2 N–H and O–H groups in total. The van der Waals surface area contributed by atoms with Crippen LogP contribution in [0.1, 0.15) is 27.4 Å². The summed E-state index contributed by atoms with van der Waals surface area (Å²) in [7, 11) is 0. The second-order valence-corrected chi connectivity index (χ2v) is 8.10. The number of carboxylic acids is 1. The lowest BCUT2D eigenvalue weighted by molar-refractivity contribution is -0.384. The highest BCUT2D eigenvalue weighted by Crippen LogP contribution is 2.26. The summed E-state index contributed by atoms with van der Waals surface area (Å²) in [6.45, 7) is 0.232. The first-order chi connectivity index (χ1) is 17.3. The van der Waals surface area contributed by atoms with Gasteiger partial charge >= 0.3 is 12.0 Å². The molecule has 0 radical (unpaired) electrons. The Labute approximate surface area is 203 Å². The molecular formula is C25H18N4O7. The molecule has 0 saturated carbocycles. The number of carbonyl (C=O) groups is 3. The number of carbonyl (C=O) groups excluding carboxylic acids is 2. The van der Waals surface area contributed by atoms with Gasteiger partial charge in [-0.1, -0.05) is 30.3 Å². The topological polar surface area (TPSA) is 148 Å². The normalized spacial score (nSPS) is 14.6. The Morgan fingerprint density at radius 2 is 1.81 bits per heavy atom. The lowest BCUT2D eigenvalue weighted by atomic mass is 10.1. The minimum atomic E-state index is -1.15. The van der Waals surface area contributed by atoms with Crippen LogP contribution in [-0.4, -0.2) is 37.4 Å². The van der Waals surface area contributed by atoms with Crippen molar-refractivity contribution in [1.82, 2.24) is 14.8 Å². The lowest BCUT2D eigenvalue weighted by Crippen LogP contribution is -2.30. The van der Waals surface area contributed by atoms with Gasteiger partial charge in [-0.3, -0.25) is 19.8 Å². The molecule has 11 heteroatoms. The highest BCUT2D eigenvalue weighted by atomic mass is 16.6. The van der Waals surface area contributed by atoms with Crippen LogP contribution in [0.5, 0.6) is 0 Å². The van der Waals surface area contributed by atoms with E-state index in [9.17, 15) is 24.5 Å². The van der Waals surface area contributed by atoms with Crippen LogP contribution in [-0.2, 0) is 17.9 Å². The van der Waals surface area contributed by atoms with Gasteiger partial charge in [-0.2, -0.15) is 0 Å². The van der Waals surface area contributed by atoms with Gasteiger partial charge in [0.15, 0.2) is 0 Å². The second-order valence-electron chi connectivity index (χ2n) is 8.10. The summed E-state index contributed by atoms with van der Waals surface area (Å²) in [5.41, 5.74) is 2.09. The highest BCUT2D eigenvalue weighted by molar-refractivity contribution is 6.14. The number of amides is 3. The monoisotopic (exact) mass is 486 g/mol. The molecule has 3 heterocycles. The molecule has 11 nitrogen and oxygen atoms in total. The first kappa shape index (κ1) is 22.6. The van der Waals surface area contributed by atoms with Crippen LogP contribution in [0.3, 0.4) is 0 Å². The van der Waals surface area contributed by atoms with Gasteiger partial charge < -0.3 is 19.4 Å². The SMILES string of the molecule is O=C(O)c1ccc(Cn2cc(/C=C3\NC(=O)N(Cc4ccc([N+](=O)[O-])cc4)C3=O)c3ccccc32)o1. The number of nitro benzene ring substituents is 1. The van der Waals surface area contributed by atoms with Crippen molar-refractivity contribution in [1.29, 1.82) is 0 Å². The molecule has 4 aromatic rings. The van der Waals surface area contributed by atoms with Crippen molar-refractivity contribution in [3.63, 3.8) is 0 Å². The number of hydrogen-bond donors (Lipinski definition) is 2. The van der Waals surface area contributed by atoms with Gasteiger partial charge in [0.05, 0.1) is 18.0 Å². The minimum absolute atomic E-state index is 0.0356. The van der Waals surface area contributed by atoms with E-state index in [0.717, 1.165) is 15.8 Å². The first-order valence-corrected chi connectivity index (χ1v) is 10.8. The molecule has 180 valence electrons. The summed E-state index contributed by atoms with van der Waals surface area (Å²) in [5, 5.41) is 23.3. The summed E-state index contributed by atoms with van der Waals surface area (Å²) < 4.78 is 7.24. The third kappa shape index (κ3) is 4.20. The molecule has 3 amide bonds. The molecule has 1 aliphatic rings. The number of hydrogen-bond acceptors (Lipinski definition) is 6. The Kier molecular flexibility index (Phi) is 5.57. The molecule has 5 rings (SSSR count). The molecule has 1 aliphatic heterocycles. The van der Waals surface area contributed by atoms with E-state index in [1.807, 2.05) is 28.8 Å². The number of imide groups is 1. The summed E-state index contributed by atoms with van der Waals surface area (Å²) in [6.07, 6.45) is 3.37. The number of nitrogens with one attached hydrogen (secondary N) is 1. The summed E-state index contributed by atoms with van der Waals surface area (Å²) in [6, 6.07) is 15.5. The zero-order valence-electron chi connectivity index (χ0n) is 18.6. The maximum Gasteiger partial charge on any atom is 0.371 e.